The standard InChI is InChI=1S/C11H30N6/c1-11(2,16(7-3-12)8-4-13)17(9-5-14)10-6-15/h3-10,12-15H2,1-2H3. The SMILES string of the molecule is CC(C)(N(CCN)CCN)N(CCN)CCN. The van der Waals surface area contributed by atoms with Crippen LogP contribution < -0.4 is 22.9 Å². The molecule has 0 radical (unpaired) electrons. The Labute approximate surface area is 105 Å². The van der Waals surface area contributed by atoms with E-state index in [1.807, 2.05) is 0 Å². The predicted molar refractivity (Wildman–Crippen MR) is 73.4 cm³/mol. The van der Waals surface area contributed by atoms with Crippen LogP contribution in [-0.2, 0) is 0 Å². The highest BCUT2D eigenvalue weighted by Gasteiger charge is 2.31. The Morgan fingerprint density at radius 3 is 1.06 bits per heavy atom. The minimum absolute atomic E-state index is 0.114. The molecule has 8 N–H and O–H groups in total. The van der Waals surface area contributed by atoms with E-state index in [9.17, 15) is 0 Å². The average molecular weight is 246 g/mol. The molecule has 0 aliphatic rings. The zero-order chi connectivity index (χ0) is 13.3. The van der Waals surface area contributed by atoms with Crippen molar-refractivity contribution in [3.05, 3.63) is 0 Å². The van der Waals surface area contributed by atoms with Crippen LogP contribution in [0.5, 0.6) is 0 Å². The summed E-state index contributed by atoms with van der Waals surface area (Å²) in [6.45, 7) is 10.2. The van der Waals surface area contributed by atoms with Crippen molar-refractivity contribution < 1.29 is 0 Å². The minimum atomic E-state index is -0.114. The number of rotatable bonds is 10. The Morgan fingerprint density at radius 2 is 0.882 bits per heavy atom. The predicted octanol–water partition coefficient (Wildman–Crippen LogP) is -1.84. The zero-order valence-electron chi connectivity index (χ0n) is 11.4. The van der Waals surface area contributed by atoms with Crippen LogP contribution in [0.4, 0.5) is 0 Å². The quantitative estimate of drug-likeness (QED) is 0.337. The summed E-state index contributed by atoms with van der Waals surface area (Å²) < 4.78 is 0. The summed E-state index contributed by atoms with van der Waals surface area (Å²) in [5, 5.41) is 0. The molecule has 0 fully saturated rings. The summed E-state index contributed by atoms with van der Waals surface area (Å²) in [7, 11) is 0. The lowest BCUT2D eigenvalue weighted by atomic mass is 10.1. The van der Waals surface area contributed by atoms with E-state index in [4.69, 9.17) is 22.9 Å². The summed E-state index contributed by atoms with van der Waals surface area (Å²) in [6.07, 6.45) is 0. The largest absolute Gasteiger partial charge is 0.329 e. The molecule has 0 aromatic rings. The Kier molecular flexibility index (Phi) is 8.67. The van der Waals surface area contributed by atoms with E-state index < -0.39 is 0 Å². The summed E-state index contributed by atoms with van der Waals surface area (Å²) in [5.74, 6) is 0. The normalized spacial score (nSPS) is 12.7. The minimum Gasteiger partial charge on any atom is -0.329 e. The monoisotopic (exact) mass is 246 g/mol. The van der Waals surface area contributed by atoms with Crippen LogP contribution >= 0.6 is 0 Å². The molecule has 0 rings (SSSR count). The fraction of sp³-hybridized carbons (Fsp3) is 1.00. The van der Waals surface area contributed by atoms with Gasteiger partial charge in [-0.2, -0.15) is 0 Å². The van der Waals surface area contributed by atoms with Gasteiger partial charge in [-0.25, -0.2) is 0 Å². The van der Waals surface area contributed by atoms with E-state index in [1.54, 1.807) is 0 Å². The molecular formula is C11H30N6. The smallest absolute Gasteiger partial charge is 0.0681 e. The van der Waals surface area contributed by atoms with Crippen molar-refractivity contribution in [2.75, 3.05) is 52.4 Å². The van der Waals surface area contributed by atoms with Crippen molar-refractivity contribution in [3.63, 3.8) is 0 Å². The van der Waals surface area contributed by atoms with Gasteiger partial charge in [-0.15, -0.1) is 0 Å². The number of hydrogen-bond acceptors (Lipinski definition) is 6. The Morgan fingerprint density at radius 1 is 0.647 bits per heavy atom. The molecule has 0 spiro atoms. The molecule has 6 heteroatoms. The van der Waals surface area contributed by atoms with Gasteiger partial charge >= 0.3 is 0 Å². The van der Waals surface area contributed by atoms with Crippen LogP contribution in [0.25, 0.3) is 0 Å². The third kappa shape index (κ3) is 5.29. The number of hydrogen-bond donors (Lipinski definition) is 4. The highest BCUT2D eigenvalue weighted by atomic mass is 15.4. The van der Waals surface area contributed by atoms with Gasteiger partial charge in [-0.05, 0) is 13.8 Å². The zero-order valence-corrected chi connectivity index (χ0v) is 11.4. The maximum absolute atomic E-state index is 5.65. The second kappa shape index (κ2) is 8.79. The van der Waals surface area contributed by atoms with Gasteiger partial charge in [-0.3, -0.25) is 9.80 Å². The summed E-state index contributed by atoms with van der Waals surface area (Å²) >= 11 is 0. The van der Waals surface area contributed by atoms with E-state index in [0.29, 0.717) is 26.2 Å². The second-order valence-corrected chi connectivity index (χ2v) is 4.62. The maximum atomic E-state index is 5.65. The van der Waals surface area contributed by atoms with Crippen LogP contribution in [0.3, 0.4) is 0 Å². The first-order valence-electron chi connectivity index (χ1n) is 6.35. The van der Waals surface area contributed by atoms with Crippen LogP contribution in [0.15, 0.2) is 0 Å². The number of nitrogens with two attached hydrogens (primary N) is 4. The second-order valence-electron chi connectivity index (χ2n) is 4.62. The first-order valence-corrected chi connectivity index (χ1v) is 6.35. The van der Waals surface area contributed by atoms with Crippen LogP contribution in [0.2, 0.25) is 0 Å². The summed E-state index contributed by atoms with van der Waals surface area (Å²) in [6, 6.07) is 0. The van der Waals surface area contributed by atoms with Crippen molar-refractivity contribution in [1.29, 1.82) is 0 Å². The average Bonchev–Trinajstić information content (AvgIpc) is 2.28. The van der Waals surface area contributed by atoms with Crippen LogP contribution in [-0.4, -0.2) is 67.8 Å². The van der Waals surface area contributed by atoms with E-state index in [2.05, 4.69) is 23.6 Å². The van der Waals surface area contributed by atoms with Crippen LogP contribution in [0.1, 0.15) is 13.8 Å². The van der Waals surface area contributed by atoms with Gasteiger partial charge in [0, 0.05) is 52.4 Å². The molecule has 104 valence electrons. The van der Waals surface area contributed by atoms with E-state index >= 15 is 0 Å². The molecule has 0 saturated heterocycles. The molecule has 0 saturated carbocycles. The van der Waals surface area contributed by atoms with E-state index in [1.165, 1.54) is 0 Å². The molecule has 0 aromatic heterocycles. The molecular weight excluding hydrogens is 216 g/mol. The first kappa shape index (κ1) is 16.8. The van der Waals surface area contributed by atoms with Gasteiger partial charge in [0.15, 0.2) is 0 Å². The van der Waals surface area contributed by atoms with Crippen molar-refractivity contribution in [2.45, 2.75) is 19.5 Å². The highest BCUT2D eigenvalue weighted by Crippen LogP contribution is 2.18. The molecule has 0 atom stereocenters. The lowest BCUT2D eigenvalue weighted by Gasteiger charge is -2.46. The summed E-state index contributed by atoms with van der Waals surface area (Å²) in [4.78, 5) is 4.58. The Bertz CT molecular complexity index is 155. The molecule has 17 heavy (non-hydrogen) atoms. The van der Waals surface area contributed by atoms with Crippen molar-refractivity contribution >= 4 is 0 Å². The van der Waals surface area contributed by atoms with Crippen molar-refractivity contribution in [2.24, 2.45) is 22.9 Å². The van der Waals surface area contributed by atoms with Crippen molar-refractivity contribution in [1.82, 2.24) is 9.80 Å². The molecule has 6 nitrogen and oxygen atoms in total. The topological polar surface area (TPSA) is 111 Å². The lowest BCUT2D eigenvalue weighted by Crippen LogP contribution is -2.60. The van der Waals surface area contributed by atoms with Gasteiger partial charge < -0.3 is 22.9 Å². The number of nitrogens with zero attached hydrogens (tertiary/aromatic N) is 2. The molecule has 0 amide bonds. The first-order chi connectivity index (χ1) is 8.04. The fourth-order valence-corrected chi connectivity index (χ4v) is 2.14. The fourth-order valence-electron chi connectivity index (χ4n) is 2.14. The maximum Gasteiger partial charge on any atom is 0.0681 e. The van der Waals surface area contributed by atoms with Crippen LogP contribution in [0, 0.1) is 0 Å². The third-order valence-electron chi connectivity index (χ3n) is 3.14. The van der Waals surface area contributed by atoms with E-state index in [0.717, 1.165) is 26.2 Å². The van der Waals surface area contributed by atoms with Crippen molar-refractivity contribution in [3.8, 4) is 0 Å². The van der Waals surface area contributed by atoms with E-state index in [-0.39, 0.29) is 5.66 Å². The van der Waals surface area contributed by atoms with Gasteiger partial charge in [-0.1, -0.05) is 0 Å². The Balaban J connectivity index is 4.71. The molecule has 0 heterocycles. The molecule has 0 aromatic carbocycles. The lowest BCUT2D eigenvalue weighted by molar-refractivity contribution is -0.0258. The molecule has 0 aliphatic heterocycles. The highest BCUT2D eigenvalue weighted by molar-refractivity contribution is 4.83. The van der Waals surface area contributed by atoms with Gasteiger partial charge in [0.2, 0.25) is 0 Å². The van der Waals surface area contributed by atoms with Gasteiger partial charge in [0.05, 0.1) is 5.66 Å². The summed E-state index contributed by atoms with van der Waals surface area (Å²) in [5.41, 5.74) is 22.5. The third-order valence-corrected chi connectivity index (χ3v) is 3.14. The molecule has 0 unspecified atom stereocenters. The van der Waals surface area contributed by atoms with Gasteiger partial charge in [0.25, 0.3) is 0 Å². The van der Waals surface area contributed by atoms with Gasteiger partial charge in [0.1, 0.15) is 0 Å². The molecule has 0 aliphatic carbocycles. The Hall–Kier alpha value is -0.240. The molecule has 0 bridgehead atoms.